The first kappa shape index (κ1) is 18.2. The van der Waals surface area contributed by atoms with E-state index in [9.17, 15) is 13.2 Å². The molecule has 0 saturated heterocycles. The van der Waals surface area contributed by atoms with Gasteiger partial charge in [-0.1, -0.05) is 41.9 Å². The third-order valence-electron chi connectivity index (χ3n) is 3.99. The summed E-state index contributed by atoms with van der Waals surface area (Å²) in [6, 6.07) is 14.8. The maximum Gasteiger partial charge on any atom is 0.285 e. The minimum absolute atomic E-state index is 0.00765. The number of carbonyl (C=O) groups excluding carboxylic acids is 1. The lowest BCUT2D eigenvalue weighted by Crippen LogP contribution is -2.31. The Morgan fingerprint density at radius 1 is 1.08 bits per heavy atom. The van der Waals surface area contributed by atoms with E-state index in [1.54, 1.807) is 54.9 Å². The largest absolute Gasteiger partial charge is 0.331 e. The number of hydrogen-bond donors (Lipinski definition) is 1. The molecule has 1 amide bonds. The van der Waals surface area contributed by atoms with Crippen molar-refractivity contribution in [2.45, 2.75) is 11.8 Å². The Morgan fingerprint density at radius 3 is 2.35 bits per heavy atom. The molecule has 0 spiro atoms. The summed E-state index contributed by atoms with van der Waals surface area (Å²) in [5, 5.41) is 0.490. The smallest absolute Gasteiger partial charge is 0.285 e. The Labute approximate surface area is 156 Å². The first-order chi connectivity index (χ1) is 12.3. The Kier molecular flexibility index (Phi) is 4.84. The van der Waals surface area contributed by atoms with Crippen LogP contribution in [0, 0.1) is 6.92 Å². The number of halogens is 1. The molecule has 0 unspecified atom stereocenters. The number of hydrogen-bond acceptors (Lipinski definition) is 4. The van der Waals surface area contributed by atoms with Crippen molar-refractivity contribution in [1.29, 1.82) is 0 Å². The van der Waals surface area contributed by atoms with Crippen molar-refractivity contribution in [1.82, 2.24) is 14.3 Å². The van der Waals surface area contributed by atoms with Crippen molar-refractivity contribution < 1.29 is 13.2 Å². The van der Waals surface area contributed by atoms with Gasteiger partial charge in [-0.25, -0.2) is 18.1 Å². The number of benzene rings is 2. The van der Waals surface area contributed by atoms with Crippen LogP contribution < -0.4 is 4.72 Å². The van der Waals surface area contributed by atoms with E-state index in [-0.39, 0.29) is 10.6 Å². The van der Waals surface area contributed by atoms with Gasteiger partial charge in [0.2, 0.25) is 0 Å². The predicted octanol–water partition coefficient (Wildman–Crippen LogP) is 3.17. The molecule has 0 fully saturated rings. The number of nitrogens with one attached hydrogen (secondary N) is 1. The average molecular weight is 390 g/mol. The summed E-state index contributed by atoms with van der Waals surface area (Å²) in [7, 11) is -2.24. The molecule has 1 aromatic heterocycles. The van der Waals surface area contributed by atoms with E-state index in [1.165, 1.54) is 12.1 Å². The third-order valence-corrected chi connectivity index (χ3v) is 5.67. The zero-order valence-electron chi connectivity index (χ0n) is 14.1. The van der Waals surface area contributed by atoms with E-state index < -0.39 is 15.9 Å². The van der Waals surface area contributed by atoms with Gasteiger partial charge >= 0.3 is 0 Å². The highest BCUT2D eigenvalue weighted by molar-refractivity contribution is 7.90. The van der Waals surface area contributed by atoms with Gasteiger partial charge in [-0.05, 0) is 31.2 Å². The molecule has 26 heavy (non-hydrogen) atoms. The van der Waals surface area contributed by atoms with E-state index in [0.29, 0.717) is 22.1 Å². The van der Waals surface area contributed by atoms with E-state index in [2.05, 4.69) is 9.71 Å². The molecule has 0 aliphatic rings. The SMILES string of the molecule is Cc1c(C(=O)NS(=O)(=O)c2ccccc2)nc(-c2ccccc2Cl)n1C. The number of amides is 1. The minimum atomic E-state index is -3.98. The molecule has 0 bridgehead atoms. The molecule has 0 atom stereocenters. The Hall–Kier alpha value is -2.64. The first-order valence-electron chi connectivity index (χ1n) is 7.71. The monoisotopic (exact) mass is 389 g/mol. The van der Waals surface area contributed by atoms with Crippen molar-refractivity contribution >= 4 is 27.5 Å². The van der Waals surface area contributed by atoms with Crippen LogP contribution in [0.15, 0.2) is 59.5 Å². The molecular weight excluding hydrogens is 374 g/mol. The van der Waals surface area contributed by atoms with Crippen molar-refractivity contribution in [3.63, 3.8) is 0 Å². The lowest BCUT2D eigenvalue weighted by atomic mass is 10.2. The van der Waals surface area contributed by atoms with Gasteiger partial charge in [-0.15, -0.1) is 0 Å². The first-order valence-corrected chi connectivity index (χ1v) is 9.58. The van der Waals surface area contributed by atoms with Gasteiger partial charge in [-0.2, -0.15) is 0 Å². The van der Waals surface area contributed by atoms with E-state index >= 15 is 0 Å². The van der Waals surface area contributed by atoms with Gasteiger partial charge in [0.05, 0.1) is 9.92 Å². The molecule has 1 heterocycles. The fraction of sp³-hybridized carbons (Fsp3) is 0.111. The van der Waals surface area contributed by atoms with Crippen molar-refractivity contribution in [2.75, 3.05) is 0 Å². The molecule has 0 saturated carbocycles. The molecule has 0 aliphatic heterocycles. The lowest BCUT2D eigenvalue weighted by Gasteiger charge is -2.06. The van der Waals surface area contributed by atoms with Crippen LogP contribution in [0.5, 0.6) is 0 Å². The molecule has 6 nitrogen and oxygen atoms in total. The normalized spacial score (nSPS) is 11.3. The van der Waals surface area contributed by atoms with Gasteiger partial charge in [0.25, 0.3) is 15.9 Å². The van der Waals surface area contributed by atoms with Crippen molar-refractivity contribution in [3.05, 3.63) is 71.0 Å². The quantitative estimate of drug-likeness (QED) is 0.743. The van der Waals surface area contributed by atoms with Crippen LogP contribution in [0.25, 0.3) is 11.4 Å². The molecular formula is C18H16ClN3O3S. The molecule has 134 valence electrons. The molecule has 3 aromatic rings. The number of carbonyl (C=O) groups is 1. The maximum atomic E-state index is 12.5. The topological polar surface area (TPSA) is 81.1 Å². The molecule has 2 aromatic carbocycles. The second-order valence-corrected chi connectivity index (χ2v) is 7.75. The summed E-state index contributed by atoms with van der Waals surface area (Å²) in [5.74, 6) is -0.310. The zero-order valence-corrected chi connectivity index (χ0v) is 15.7. The fourth-order valence-corrected chi connectivity index (χ4v) is 3.70. The number of aromatic nitrogens is 2. The van der Waals surface area contributed by atoms with E-state index in [0.717, 1.165) is 0 Å². The minimum Gasteiger partial charge on any atom is -0.331 e. The fourth-order valence-electron chi connectivity index (χ4n) is 2.51. The summed E-state index contributed by atoms with van der Waals surface area (Å²) in [4.78, 5) is 16.9. The summed E-state index contributed by atoms with van der Waals surface area (Å²) in [6.07, 6.45) is 0. The average Bonchev–Trinajstić information content (AvgIpc) is 2.91. The molecule has 8 heteroatoms. The van der Waals surface area contributed by atoms with Crippen LogP contribution in [-0.4, -0.2) is 23.9 Å². The standard InChI is InChI=1S/C18H16ClN3O3S/c1-12-16(18(23)21-26(24,25)13-8-4-3-5-9-13)20-17(22(12)2)14-10-6-7-11-15(14)19/h3-11H,1-2H3,(H,21,23). The lowest BCUT2D eigenvalue weighted by molar-refractivity contribution is 0.0976. The van der Waals surface area contributed by atoms with E-state index in [4.69, 9.17) is 11.6 Å². The second-order valence-electron chi connectivity index (χ2n) is 5.66. The molecule has 1 N–H and O–H groups in total. The highest BCUT2D eigenvalue weighted by Crippen LogP contribution is 2.28. The van der Waals surface area contributed by atoms with Crippen molar-refractivity contribution in [3.8, 4) is 11.4 Å². The number of nitrogens with zero attached hydrogens (tertiary/aromatic N) is 2. The van der Waals surface area contributed by atoms with Crippen LogP contribution in [0.3, 0.4) is 0 Å². The third kappa shape index (κ3) is 3.36. The van der Waals surface area contributed by atoms with E-state index in [1.807, 2.05) is 6.07 Å². The van der Waals surface area contributed by atoms with Crippen LogP contribution in [0.2, 0.25) is 5.02 Å². The summed E-state index contributed by atoms with van der Waals surface area (Å²) in [5.41, 5.74) is 1.22. The Morgan fingerprint density at radius 2 is 1.69 bits per heavy atom. The Balaban J connectivity index is 1.97. The highest BCUT2D eigenvalue weighted by atomic mass is 35.5. The van der Waals surface area contributed by atoms with Gasteiger partial charge in [0, 0.05) is 18.3 Å². The van der Waals surface area contributed by atoms with Gasteiger partial charge in [0.15, 0.2) is 5.69 Å². The van der Waals surface area contributed by atoms with Gasteiger partial charge < -0.3 is 4.57 Å². The molecule has 0 aliphatic carbocycles. The summed E-state index contributed by atoms with van der Waals surface area (Å²) >= 11 is 6.21. The van der Waals surface area contributed by atoms with Crippen LogP contribution in [-0.2, 0) is 17.1 Å². The second kappa shape index (κ2) is 6.93. The van der Waals surface area contributed by atoms with Crippen molar-refractivity contribution in [2.24, 2.45) is 7.05 Å². The van der Waals surface area contributed by atoms with Gasteiger partial charge in [-0.3, -0.25) is 4.79 Å². The van der Waals surface area contributed by atoms with Crippen LogP contribution in [0.1, 0.15) is 16.2 Å². The van der Waals surface area contributed by atoms with Crippen LogP contribution in [0.4, 0.5) is 0 Å². The number of sulfonamides is 1. The summed E-state index contributed by atoms with van der Waals surface area (Å²) in [6.45, 7) is 1.69. The van der Waals surface area contributed by atoms with Crippen LogP contribution >= 0.6 is 11.6 Å². The summed E-state index contributed by atoms with van der Waals surface area (Å²) < 4.78 is 28.5. The van der Waals surface area contributed by atoms with Gasteiger partial charge in [0.1, 0.15) is 5.82 Å². The molecule has 0 radical (unpaired) electrons. The number of imidazole rings is 1. The molecule has 3 rings (SSSR count). The predicted molar refractivity (Wildman–Crippen MR) is 99.5 cm³/mol. The highest BCUT2D eigenvalue weighted by Gasteiger charge is 2.24. The Bertz CT molecular complexity index is 1080. The number of rotatable bonds is 4. The maximum absolute atomic E-state index is 12.5. The zero-order chi connectivity index (χ0) is 18.9.